The number of hydrogen-bond acceptors (Lipinski definition) is 6. The maximum Gasteiger partial charge on any atom is 0.255 e. The molecule has 42 heavy (non-hydrogen) atoms. The number of nitrogens with zero attached hydrogens (tertiary/aromatic N) is 1. The van der Waals surface area contributed by atoms with Crippen LogP contribution in [0, 0.1) is 5.82 Å². The summed E-state index contributed by atoms with van der Waals surface area (Å²) in [6.07, 6.45) is 0. The molecule has 4 aromatic rings. The quantitative estimate of drug-likeness (QED) is 0.267. The number of fused-ring (bicyclic) bond motifs is 1. The van der Waals surface area contributed by atoms with Crippen LogP contribution in [0.5, 0.6) is 23.0 Å². The van der Waals surface area contributed by atoms with Crippen molar-refractivity contribution in [3.63, 3.8) is 0 Å². The molecule has 2 amide bonds. The van der Waals surface area contributed by atoms with Crippen LogP contribution in [0.15, 0.2) is 84.9 Å². The summed E-state index contributed by atoms with van der Waals surface area (Å²) in [5.41, 5.74) is 2.93. The third-order valence-corrected chi connectivity index (χ3v) is 7.38. The molecule has 216 valence electrons. The van der Waals surface area contributed by atoms with Gasteiger partial charge in [-0.3, -0.25) is 9.59 Å². The molecule has 0 fully saturated rings. The number of nitrogens with one attached hydrogen (secondary N) is 1. The van der Waals surface area contributed by atoms with Gasteiger partial charge in [-0.1, -0.05) is 42.5 Å². The lowest BCUT2D eigenvalue weighted by atomic mass is 9.79. The van der Waals surface area contributed by atoms with Gasteiger partial charge in [0.2, 0.25) is 11.7 Å². The molecule has 1 aliphatic rings. The standard InChI is InChI=1S/C33H31FN2O6/c1-39-24-15-11-21(12-16-24)30-29(32(37)35-23-17-27(40-2)31(42-4)28(18-23)41-3)25-7-5-6-8-26(25)33(38)36(30)19-20-9-13-22(34)14-10-20/h5-18,29-30H,19H2,1-4H3,(H,35,37)/t29-,30+/m1/s1. The predicted molar refractivity (Wildman–Crippen MR) is 156 cm³/mol. The monoisotopic (exact) mass is 570 g/mol. The summed E-state index contributed by atoms with van der Waals surface area (Å²) in [5, 5.41) is 3.02. The van der Waals surface area contributed by atoms with Gasteiger partial charge in [0.1, 0.15) is 11.6 Å². The maximum atomic E-state index is 14.3. The topological polar surface area (TPSA) is 86.3 Å². The van der Waals surface area contributed by atoms with Gasteiger partial charge < -0.3 is 29.2 Å². The second-order valence-corrected chi connectivity index (χ2v) is 9.75. The first-order valence-electron chi connectivity index (χ1n) is 13.3. The first kappa shape index (κ1) is 28.5. The van der Waals surface area contributed by atoms with Crippen LogP contribution in [0.1, 0.15) is 39.0 Å². The average Bonchev–Trinajstić information content (AvgIpc) is 3.02. The number of hydrogen-bond donors (Lipinski definition) is 1. The number of ether oxygens (including phenoxy) is 4. The van der Waals surface area contributed by atoms with Gasteiger partial charge in [-0.05, 0) is 47.0 Å². The van der Waals surface area contributed by atoms with E-state index < -0.39 is 12.0 Å². The number of carbonyl (C=O) groups excluding carboxylic acids is 2. The van der Waals surface area contributed by atoms with Gasteiger partial charge in [-0.25, -0.2) is 4.39 Å². The van der Waals surface area contributed by atoms with Crippen LogP contribution in [-0.4, -0.2) is 45.2 Å². The van der Waals surface area contributed by atoms with Gasteiger partial charge >= 0.3 is 0 Å². The van der Waals surface area contributed by atoms with Gasteiger partial charge in [0.05, 0.1) is 40.4 Å². The zero-order valence-electron chi connectivity index (χ0n) is 23.7. The third kappa shape index (κ3) is 5.45. The smallest absolute Gasteiger partial charge is 0.255 e. The van der Waals surface area contributed by atoms with Gasteiger partial charge in [0, 0.05) is 29.9 Å². The second-order valence-electron chi connectivity index (χ2n) is 9.75. The molecule has 0 spiro atoms. The van der Waals surface area contributed by atoms with Crippen LogP contribution < -0.4 is 24.3 Å². The third-order valence-electron chi connectivity index (χ3n) is 7.38. The van der Waals surface area contributed by atoms with Crippen molar-refractivity contribution in [2.75, 3.05) is 33.8 Å². The van der Waals surface area contributed by atoms with E-state index in [0.717, 1.165) is 11.1 Å². The zero-order chi connectivity index (χ0) is 29.8. The van der Waals surface area contributed by atoms with E-state index >= 15 is 0 Å². The second kappa shape index (κ2) is 12.2. The van der Waals surface area contributed by atoms with E-state index in [4.69, 9.17) is 18.9 Å². The van der Waals surface area contributed by atoms with Crippen molar-refractivity contribution in [2.24, 2.45) is 0 Å². The first-order valence-corrected chi connectivity index (χ1v) is 13.3. The molecule has 8 nitrogen and oxygen atoms in total. The summed E-state index contributed by atoms with van der Waals surface area (Å²) in [5.74, 6) is 0.0712. The molecule has 0 unspecified atom stereocenters. The maximum absolute atomic E-state index is 14.3. The van der Waals surface area contributed by atoms with E-state index in [1.165, 1.54) is 33.5 Å². The van der Waals surface area contributed by atoms with Crippen molar-refractivity contribution in [1.29, 1.82) is 0 Å². The lowest BCUT2D eigenvalue weighted by Crippen LogP contribution is -2.45. The Kier molecular flexibility index (Phi) is 8.28. The Balaban J connectivity index is 1.63. The lowest BCUT2D eigenvalue weighted by Gasteiger charge is -2.42. The first-order chi connectivity index (χ1) is 20.4. The normalized spacial score (nSPS) is 15.9. The Morgan fingerprint density at radius 3 is 2.07 bits per heavy atom. The minimum atomic E-state index is -0.799. The summed E-state index contributed by atoms with van der Waals surface area (Å²) in [6.45, 7) is 0.165. The number of halogens is 1. The number of amides is 2. The Bertz CT molecular complexity index is 1560. The fourth-order valence-corrected chi connectivity index (χ4v) is 5.38. The summed E-state index contributed by atoms with van der Waals surface area (Å²) < 4.78 is 35.4. The van der Waals surface area contributed by atoms with Gasteiger partial charge in [0.25, 0.3) is 5.91 Å². The molecule has 9 heteroatoms. The molecule has 1 aliphatic heterocycles. The number of carbonyl (C=O) groups is 2. The fourth-order valence-electron chi connectivity index (χ4n) is 5.38. The largest absolute Gasteiger partial charge is 0.497 e. The van der Waals surface area contributed by atoms with Crippen LogP contribution in [-0.2, 0) is 11.3 Å². The van der Waals surface area contributed by atoms with Crippen molar-refractivity contribution < 1.29 is 32.9 Å². The predicted octanol–water partition coefficient (Wildman–Crippen LogP) is 5.98. The van der Waals surface area contributed by atoms with E-state index in [9.17, 15) is 14.0 Å². The number of benzene rings is 4. The summed E-state index contributed by atoms with van der Waals surface area (Å²) >= 11 is 0. The molecule has 5 rings (SSSR count). The average molecular weight is 571 g/mol. The highest BCUT2D eigenvalue weighted by Crippen LogP contribution is 2.45. The van der Waals surface area contributed by atoms with Crippen LogP contribution >= 0.6 is 0 Å². The van der Waals surface area contributed by atoms with Gasteiger partial charge in [0.15, 0.2) is 11.5 Å². The molecular weight excluding hydrogens is 539 g/mol. The Labute approximate surface area is 243 Å². The Morgan fingerprint density at radius 1 is 0.833 bits per heavy atom. The van der Waals surface area contributed by atoms with Crippen LogP contribution in [0.4, 0.5) is 10.1 Å². The molecule has 0 bridgehead atoms. The molecule has 1 N–H and O–H groups in total. The molecular formula is C33H31FN2O6. The lowest BCUT2D eigenvalue weighted by molar-refractivity contribution is -0.119. The van der Waals surface area contributed by atoms with Crippen molar-refractivity contribution in [3.8, 4) is 23.0 Å². The zero-order valence-corrected chi connectivity index (χ0v) is 23.7. The summed E-state index contributed by atoms with van der Waals surface area (Å²) in [4.78, 5) is 30.0. The van der Waals surface area contributed by atoms with E-state index in [1.807, 2.05) is 18.2 Å². The molecule has 0 aromatic heterocycles. The summed E-state index contributed by atoms with van der Waals surface area (Å²) in [6, 6.07) is 23.0. The SMILES string of the molecule is COc1ccc([C@H]2[C@H](C(=O)Nc3cc(OC)c(OC)c(OC)c3)c3ccccc3C(=O)N2Cc2ccc(F)cc2)cc1. The highest BCUT2D eigenvalue weighted by molar-refractivity contribution is 6.04. The van der Waals surface area contributed by atoms with Crippen molar-refractivity contribution >= 4 is 17.5 Å². The minimum absolute atomic E-state index is 0.165. The highest BCUT2D eigenvalue weighted by atomic mass is 19.1. The van der Waals surface area contributed by atoms with E-state index in [2.05, 4.69) is 5.32 Å². The minimum Gasteiger partial charge on any atom is -0.497 e. The van der Waals surface area contributed by atoms with Crippen molar-refractivity contribution in [1.82, 2.24) is 4.90 Å². The van der Waals surface area contributed by atoms with Crippen molar-refractivity contribution in [2.45, 2.75) is 18.5 Å². The number of anilines is 1. The Hall–Kier alpha value is -5.05. The van der Waals surface area contributed by atoms with Crippen LogP contribution in [0.3, 0.4) is 0 Å². The number of rotatable bonds is 9. The molecule has 0 saturated carbocycles. The summed E-state index contributed by atoms with van der Waals surface area (Å²) in [7, 11) is 6.07. The van der Waals surface area contributed by atoms with Crippen LogP contribution in [0.25, 0.3) is 0 Å². The van der Waals surface area contributed by atoms with E-state index in [1.54, 1.807) is 66.6 Å². The van der Waals surface area contributed by atoms with E-state index in [0.29, 0.717) is 39.8 Å². The molecule has 0 radical (unpaired) electrons. The molecule has 2 atom stereocenters. The van der Waals surface area contributed by atoms with Crippen LogP contribution in [0.2, 0.25) is 0 Å². The van der Waals surface area contributed by atoms with Gasteiger partial charge in [-0.15, -0.1) is 0 Å². The molecule has 0 saturated heterocycles. The number of methoxy groups -OCH3 is 4. The van der Waals surface area contributed by atoms with E-state index in [-0.39, 0.29) is 24.2 Å². The molecule has 0 aliphatic carbocycles. The molecule has 4 aromatic carbocycles. The highest BCUT2D eigenvalue weighted by Gasteiger charge is 2.44. The fraction of sp³-hybridized carbons (Fsp3) is 0.212. The van der Waals surface area contributed by atoms with Gasteiger partial charge in [-0.2, -0.15) is 0 Å². The van der Waals surface area contributed by atoms with Crippen molar-refractivity contribution in [3.05, 3.63) is 113 Å². The molecule has 1 heterocycles. The Morgan fingerprint density at radius 2 is 1.48 bits per heavy atom.